The number of benzene rings is 2. The fourth-order valence-electron chi connectivity index (χ4n) is 5.44. The number of urea groups is 1. The summed E-state index contributed by atoms with van der Waals surface area (Å²) in [5.41, 5.74) is 3.18. The molecule has 0 saturated carbocycles. The van der Waals surface area contributed by atoms with E-state index in [9.17, 15) is 13.6 Å². The van der Waals surface area contributed by atoms with Gasteiger partial charge in [-0.05, 0) is 67.0 Å². The number of hydrogen-bond donors (Lipinski definition) is 1. The molecule has 4 aromatic rings. The summed E-state index contributed by atoms with van der Waals surface area (Å²) in [6.07, 6.45) is -0.475. The Labute approximate surface area is 288 Å². The standard InChI is InChI=1S/C36H46F2N6O4Si/c1-24-21-31(44-17-15-32(41-44)43-19-18-42(35(43)45)23-25-9-11-26(46-5)12-10-25)28(16-20-48-49(7,8)36(2,3)4)34(39-24)40-30-14-13-27(47-6)22-29(30)33(37)38/h9-15,17,21-22,33H,16,18-20,23H2,1-8H3,(H,39,40). The minimum absolute atomic E-state index is 0.0120. The third-order valence-corrected chi connectivity index (χ3v) is 13.9. The largest absolute Gasteiger partial charge is 0.497 e. The number of alkyl halides is 2. The molecule has 1 fully saturated rings. The van der Waals surface area contributed by atoms with Gasteiger partial charge >= 0.3 is 6.03 Å². The minimum atomic E-state index is -2.73. The molecular weight excluding hydrogens is 647 g/mol. The van der Waals surface area contributed by atoms with Crippen molar-refractivity contribution in [3.63, 3.8) is 0 Å². The molecule has 3 heterocycles. The van der Waals surface area contributed by atoms with Gasteiger partial charge in [-0.1, -0.05) is 32.9 Å². The summed E-state index contributed by atoms with van der Waals surface area (Å²) in [5, 5.41) is 8.05. The molecule has 10 nitrogen and oxygen atoms in total. The van der Waals surface area contributed by atoms with Crippen LogP contribution in [0.2, 0.25) is 18.1 Å². The molecule has 1 saturated heterocycles. The molecular formula is C36H46F2N6O4Si. The fraction of sp³-hybridized carbons (Fsp3) is 0.417. The van der Waals surface area contributed by atoms with Crippen LogP contribution in [0.3, 0.4) is 0 Å². The normalized spacial score (nSPS) is 13.8. The zero-order valence-electron chi connectivity index (χ0n) is 29.5. The molecule has 1 aliphatic heterocycles. The van der Waals surface area contributed by atoms with Crippen LogP contribution in [0.5, 0.6) is 11.5 Å². The minimum Gasteiger partial charge on any atom is -0.497 e. The van der Waals surface area contributed by atoms with Crippen LogP contribution in [0.4, 0.5) is 30.9 Å². The maximum atomic E-state index is 14.2. The number of methoxy groups -OCH3 is 2. The van der Waals surface area contributed by atoms with Gasteiger partial charge in [-0.15, -0.1) is 5.10 Å². The topological polar surface area (TPSA) is 94.0 Å². The number of pyridine rings is 1. The van der Waals surface area contributed by atoms with Crippen LogP contribution in [-0.4, -0.2) is 67.9 Å². The number of amides is 2. The van der Waals surface area contributed by atoms with Gasteiger partial charge in [0.1, 0.15) is 17.3 Å². The molecule has 0 bridgehead atoms. The number of hydrogen-bond acceptors (Lipinski definition) is 7. The second kappa shape index (κ2) is 14.5. The summed E-state index contributed by atoms with van der Waals surface area (Å²) in [7, 11) is 0.981. The van der Waals surface area contributed by atoms with Crippen LogP contribution in [0.15, 0.2) is 60.8 Å². The van der Waals surface area contributed by atoms with E-state index in [0.29, 0.717) is 61.4 Å². The van der Waals surface area contributed by atoms with E-state index in [4.69, 9.17) is 24.0 Å². The van der Waals surface area contributed by atoms with Crippen LogP contribution >= 0.6 is 0 Å². The Morgan fingerprint density at radius 3 is 2.33 bits per heavy atom. The lowest BCUT2D eigenvalue weighted by molar-refractivity contribution is 0.152. The zero-order valence-corrected chi connectivity index (χ0v) is 30.5. The van der Waals surface area contributed by atoms with Crippen molar-refractivity contribution < 1.29 is 27.5 Å². The summed E-state index contributed by atoms with van der Waals surface area (Å²) >= 11 is 0. The smallest absolute Gasteiger partial charge is 0.326 e. The molecule has 2 aromatic heterocycles. The van der Waals surface area contributed by atoms with Gasteiger partial charge < -0.3 is 24.1 Å². The van der Waals surface area contributed by atoms with Gasteiger partial charge in [0.25, 0.3) is 6.43 Å². The summed E-state index contributed by atoms with van der Waals surface area (Å²) in [6, 6.07) is 15.8. The highest BCUT2D eigenvalue weighted by atomic mass is 28.4. The van der Waals surface area contributed by atoms with Gasteiger partial charge in [-0.3, -0.25) is 4.90 Å². The lowest BCUT2D eigenvalue weighted by atomic mass is 10.1. The van der Waals surface area contributed by atoms with E-state index in [1.54, 1.807) is 33.7 Å². The molecule has 0 atom stereocenters. The molecule has 0 aliphatic carbocycles. The number of halogens is 2. The maximum Gasteiger partial charge on any atom is 0.326 e. The Balaban J connectivity index is 1.46. The van der Waals surface area contributed by atoms with Gasteiger partial charge in [0.05, 0.1) is 19.9 Å². The molecule has 2 aromatic carbocycles. The van der Waals surface area contributed by atoms with Gasteiger partial charge in [0.2, 0.25) is 0 Å². The first-order chi connectivity index (χ1) is 23.2. The number of rotatable bonds is 13. The van der Waals surface area contributed by atoms with Gasteiger partial charge in [-0.25, -0.2) is 23.2 Å². The second-order valence-electron chi connectivity index (χ2n) is 13.7. The van der Waals surface area contributed by atoms with E-state index in [-0.39, 0.29) is 22.3 Å². The number of aromatic nitrogens is 3. The van der Waals surface area contributed by atoms with Crippen LogP contribution in [0, 0.1) is 6.92 Å². The van der Waals surface area contributed by atoms with Crippen molar-refractivity contribution in [1.82, 2.24) is 19.7 Å². The molecule has 0 radical (unpaired) electrons. The van der Waals surface area contributed by atoms with Crippen molar-refractivity contribution in [2.24, 2.45) is 0 Å². The second-order valence-corrected chi connectivity index (χ2v) is 18.5. The van der Waals surface area contributed by atoms with Crippen LogP contribution in [0.1, 0.15) is 49.6 Å². The Kier molecular flexibility index (Phi) is 10.6. The lowest BCUT2D eigenvalue weighted by Crippen LogP contribution is -2.41. The maximum absolute atomic E-state index is 14.2. The van der Waals surface area contributed by atoms with Gasteiger partial charge in [0.15, 0.2) is 14.1 Å². The molecule has 1 aliphatic rings. The molecule has 5 rings (SSSR count). The average Bonchev–Trinajstić information content (AvgIpc) is 3.68. The fourth-order valence-corrected chi connectivity index (χ4v) is 6.48. The SMILES string of the molecule is COc1ccc(CN2CCN(c3ccn(-c4cc(C)nc(Nc5ccc(OC)cc5C(F)F)c4CCO[Si](C)(C)C(C)(C)C)n3)C2=O)cc1. The number of nitrogens with zero attached hydrogens (tertiary/aromatic N) is 5. The summed E-state index contributed by atoms with van der Waals surface area (Å²) < 4.78 is 47.1. The monoisotopic (exact) mass is 692 g/mol. The van der Waals surface area contributed by atoms with Crippen LogP contribution in [0.25, 0.3) is 5.69 Å². The third-order valence-electron chi connectivity index (χ3n) is 9.32. The molecule has 0 unspecified atom stereocenters. The summed E-state index contributed by atoms with van der Waals surface area (Å²) in [4.78, 5) is 21.7. The number of carbonyl (C=O) groups is 1. The van der Waals surface area contributed by atoms with Gasteiger partial charge in [0, 0.05) is 67.4 Å². The molecule has 0 spiro atoms. The van der Waals surface area contributed by atoms with E-state index in [0.717, 1.165) is 16.9 Å². The van der Waals surface area contributed by atoms with E-state index in [1.807, 2.05) is 49.5 Å². The van der Waals surface area contributed by atoms with E-state index >= 15 is 0 Å². The van der Waals surface area contributed by atoms with Crippen molar-refractivity contribution in [2.75, 3.05) is 44.1 Å². The van der Waals surface area contributed by atoms with Crippen molar-refractivity contribution in [3.05, 3.63) is 83.2 Å². The first-order valence-corrected chi connectivity index (χ1v) is 19.2. The highest BCUT2D eigenvalue weighted by molar-refractivity contribution is 6.74. The van der Waals surface area contributed by atoms with E-state index in [2.05, 4.69) is 39.2 Å². The predicted molar refractivity (Wildman–Crippen MR) is 190 cm³/mol. The lowest BCUT2D eigenvalue weighted by Gasteiger charge is -2.36. The number of ether oxygens (including phenoxy) is 2. The molecule has 13 heteroatoms. The molecule has 49 heavy (non-hydrogen) atoms. The van der Waals surface area contributed by atoms with Crippen molar-refractivity contribution in [3.8, 4) is 17.2 Å². The summed E-state index contributed by atoms with van der Waals surface area (Å²) in [6.45, 7) is 14.7. The van der Waals surface area contributed by atoms with Gasteiger partial charge in [-0.2, -0.15) is 0 Å². The van der Waals surface area contributed by atoms with Crippen molar-refractivity contribution in [2.45, 2.75) is 65.2 Å². The highest BCUT2D eigenvalue weighted by Crippen LogP contribution is 2.38. The third kappa shape index (κ3) is 8.05. The number of anilines is 3. The summed E-state index contributed by atoms with van der Waals surface area (Å²) in [5.74, 6) is 2.05. The first kappa shape index (κ1) is 35.8. The average molecular weight is 693 g/mol. The first-order valence-electron chi connectivity index (χ1n) is 16.3. The number of nitrogens with one attached hydrogen (secondary N) is 1. The Morgan fingerprint density at radius 1 is 0.980 bits per heavy atom. The Morgan fingerprint density at radius 2 is 1.67 bits per heavy atom. The van der Waals surface area contributed by atoms with E-state index < -0.39 is 14.7 Å². The van der Waals surface area contributed by atoms with E-state index in [1.165, 1.54) is 13.2 Å². The predicted octanol–water partition coefficient (Wildman–Crippen LogP) is 8.28. The number of aryl methyl sites for hydroxylation is 1. The van der Waals surface area contributed by atoms with Crippen molar-refractivity contribution in [1.29, 1.82) is 0 Å². The Hall–Kier alpha value is -4.49. The Bertz CT molecular complexity index is 1770. The van der Waals surface area contributed by atoms with Crippen LogP contribution < -0.4 is 19.7 Å². The molecule has 1 N–H and O–H groups in total. The highest BCUT2D eigenvalue weighted by Gasteiger charge is 2.37. The van der Waals surface area contributed by atoms with Crippen molar-refractivity contribution >= 4 is 31.7 Å². The quantitative estimate of drug-likeness (QED) is 0.141. The number of carbonyl (C=O) groups excluding carboxylic acids is 1. The zero-order chi connectivity index (χ0) is 35.5. The molecule has 262 valence electrons. The van der Waals surface area contributed by atoms with Crippen LogP contribution in [-0.2, 0) is 17.4 Å². The molecule has 2 amide bonds.